The van der Waals surface area contributed by atoms with Crippen molar-refractivity contribution in [2.24, 2.45) is 5.92 Å². The molecule has 4 heteroatoms. The lowest BCUT2D eigenvalue weighted by atomic mass is 9.79. The first-order valence-corrected chi connectivity index (χ1v) is 8.86. The number of carbonyl (C=O) groups is 1. The number of rotatable bonds is 3. The predicted molar refractivity (Wildman–Crippen MR) is 97.8 cm³/mol. The van der Waals surface area contributed by atoms with Crippen LogP contribution in [0.25, 0.3) is 16.5 Å². The van der Waals surface area contributed by atoms with Crippen LogP contribution in [-0.2, 0) is 11.2 Å². The molecule has 0 unspecified atom stereocenters. The predicted octanol–water partition coefficient (Wildman–Crippen LogP) is 2.91. The van der Waals surface area contributed by atoms with Crippen LogP contribution in [0, 0.1) is 5.92 Å². The molecule has 1 N–H and O–H groups in total. The molecule has 1 amide bonds. The third kappa shape index (κ3) is 2.20. The first kappa shape index (κ1) is 14.3. The Morgan fingerprint density at radius 2 is 2.21 bits per heavy atom. The number of aromatic nitrogens is 1. The Labute approximate surface area is 144 Å². The van der Waals surface area contributed by atoms with E-state index in [0.717, 1.165) is 37.1 Å². The number of aromatic amines is 1. The molecule has 126 valence electrons. The quantitative estimate of drug-likeness (QED) is 0.943. The number of benzene rings is 1. The molecule has 4 nitrogen and oxygen atoms in total. The number of hydrogen-bond acceptors (Lipinski definition) is 2. The van der Waals surface area contributed by atoms with Crippen LogP contribution in [-0.4, -0.2) is 53.4 Å². The molecule has 1 aliphatic carbocycles. The Morgan fingerprint density at radius 3 is 2.96 bits per heavy atom. The van der Waals surface area contributed by atoms with E-state index in [4.69, 9.17) is 1.37 Å². The summed E-state index contributed by atoms with van der Waals surface area (Å²) in [7, 11) is 2.10. The second kappa shape index (κ2) is 5.78. The summed E-state index contributed by atoms with van der Waals surface area (Å²) >= 11 is 0. The highest BCUT2D eigenvalue weighted by atomic mass is 16.2. The van der Waals surface area contributed by atoms with E-state index in [-0.39, 0.29) is 17.9 Å². The van der Waals surface area contributed by atoms with Crippen molar-refractivity contribution in [2.75, 3.05) is 26.7 Å². The van der Waals surface area contributed by atoms with Crippen molar-refractivity contribution in [3.8, 4) is 0 Å². The minimum absolute atomic E-state index is 0.0950. The number of hydrogen-bond donors (Lipinski definition) is 1. The van der Waals surface area contributed by atoms with Crippen LogP contribution in [0.5, 0.6) is 0 Å². The maximum atomic E-state index is 12.9. The second-order valence-corrected chi connectivity index (χ2v) is 6.86. The van der Waals surface area contributed by atoms with Crippen LogP contribution in [0.4, 0.5) is 0 Å². The van der Waals surface area contributed by atoms with Gasteiger partial charge in [0, 0.05) is 42.8 Å². The van der Waals surface area contributed by atoms with Gasteiger partial charge in [0.05, 0.1) is 7.29 Å². The lowest BCUT2D eigenvalue weighted by Gasteiger charge is -2.40. The summed E-state index contributed by atoms with van der Waals surface area (Å²) < 4.78 is 8.26. The maximum absolute atomic E-state index is 12.9. The topological polar surface area (TPSA) is 39.3 Å². The molecule has 2 heterocycles. The number of fused-ring (bicyclic) bond motifs is 2. The average molecular weight is 324 g/mol. The van der Waals surface area contributed by atoms with E-state index >= 15 is 0 Å². The number of amides is 1. The van der Waals surface area contributed by atoms with Gasteiger partial charge in [0.15, 0.2) is 0 Å². The van der Waals surface area contributed by atoms with E-state index in [1.165, 1.54) is 16.5 Å². The fourth-order valence-corrected chi connectivity index (χ4v) is 4.28. The zero-order chi connectivity index (χ0) is 17.7. The van der Waals surface area contributed by atoms with Gasteiger partial charge in [0.1, 0.15) is 0 Å². The third-order valence-corrected chi connectivity index (χ3v) is 5.57. The molecule has 1 aromatic heterocycles. The first-order valence-electron chi connectivity index (χ1n) is 9.36. The summed E-state index contributed by atoms with van der Waals surface area (Å²) in [6.07, 6.45) is 3.56. The Balaban J connectivity index is 1.83. The smallest absolute Gasteiger partial charge is 0.230 e. The maximum Gasteiger partial charge on any atom is 0.230 e. The van der Waals surface area contributed by atoms with Gasteiger partial charge < -0.3 is 9.88 Å². The molecule has 0 saturated carbocycles. The van der Waals surface area contributed by atoms with Crippen LogP contribution >= 0.6 is 0 Å². The number of H-pyrrole nitrogens is 1. The molecule has 0 saturated heterocycles. The van der Waals surface area contributed by atoms with Crippen LogP contribution in [0.15, 0.2) is 30.4 Å². The van der Waals surface area contributed by atoms with Crippen molar-refractivity contribution >= 4 is 22.4 Å². The van der Waals surface area contributed by atoms with Crippen molar-refractivity contribution in [1.82, 2.24) is 14.8 Å². The van der Waals surface area contributed by atoms with E-state index < -0.39 is 0 Å². The molecule has 24 heavy (non-hydrogen) atoms. The molecule has 1 aliphatic heterocycles. The molecule has 1 aromatic carbocycles. The zero-order valence-electron chi connectivity index (χ0n) is 15.6. The van der Waals surface area contributed by atoms with Gasteiger partial charge in [-0.1, -0.05) is 18.2 Å². The average Bonchev–Trinajstić information content (AvgIpc) is 2.93. The summed E-state index contributed by atoms with van der Waals surface area (Å²) in [6, 6.07) is 6.46. The minimum Gasteiger partial charge on any atom is -0.361 e. The number of nitrogens with zero attached hydrogens (tertiary/aromatic N) is 2. The molecule has 0 fully saturated rings. The van der Waals surface area contributed by atoms with Gasteiger partial charge in [-0.15, -0.1) is 0 Å². The zero-order valence-corrected chi connectivity index (χ0v) is 14.6. The van der Waals surface area contributed by atoms with E-state index in [9.17, 15) is 4.79 Å². The van der Waals surface area contributed by atoms with Gasteiger partial charge in [0.25, 0.3) is 0 Å². The highest BCUT2D eigenvalue weighted by Gasteiger charge is 2.36. The summed E-state index contributed by atoms with van der Waals surface area (Å²) in [5, 5.41) is 1.17. The van der Waals surface area contributed by atoms with Gasteiger partial charge in [-0.25, -0.2) is 0 Å². The standard InChI is InChI=1S/C20H25N3O/c1-4-23(5-2)20(24)14-9-16-15-7-6-8-17-19(15)13(11-21-17)10-18(16)22(3)12-14/h6-9,11,14,18,21H,4-5,10,12H2,1-3H3/t14-,18-/m1/s1/i11D. The Kier molecular flexibility index (Phi) is 3.44. The van der Waals surface area contributed by atoms with Gasteiger partial charge >= 0.3 is 0 Å². The lowest BCUT2D eigenvalue weighted by molar-refractivity contribution is -0.134. The van der Waals surface area contributed by atoms with Gasteiger partial charge in [0.2, 0.25) is 5.91 Å². The third-order valence-electron chi connectivity index (χ3n) is 5.57. The Morgan fingerprint density at radius 1 is 1.42 bits per heavy atom. The normalized spacial score (nSPS) is 23.6. The molecule has 0 spiro atoms. The Hall–Kier alpha value is -2.07. The van der Waals surface area contributed by atoms with Gasteiger partial charge in [-0.3, -0.25) is 9.69 Å². The van der Waals surface area contributed by atoms with E-state index in [1.54, 1.807) is 0 Å². The van der Waals surface area contributed by atoms with Crippen LogP contribution in [0.2, 0.25) is 0 Å². The van der Waals surface area contributed by atoms with Crippen molar-refractivity contribution < 1.29 is 6.17 Å². The molecule has 0 bridgehead atoms. The molecule has 0 radical (unpaired) electrons. The minimum atomic E-state index is -0.0950. The lowest BCUT2D eigenvalue weighted by Crippen LogP contribution is -2.47. The SMILES string of the molecule is [2H]c1[nH]c2cccc3c2c1C[C@@H]1C3=C[C@@H](C(=O)N(CC)CC)CN1C. The molecule has 2 atom stereocenters. The van der Waals surface area contributed by atoms with Crippen LogP contribution in [0.3, 0.4) is 0 Å². The molecule has 2 aliphatic rings. The highest BCUT2D eigenvalue weighted by Crippen LogP contribution is 2.40. The van der Waals surface area contributed by atoms with E-state index in [0.29, 0.717) is 6.17 Å². The second-order valence-electron chi connectivity index (χ2n) is 6.86. The van der Waals surface area contributed by atoms with Gasteiger partial charge in [-0.05, 0) is 50.1 Å². The largest absolute Gasteiger partial charge is 0.361 e. The van der Waals surface area contributed by atoms with Crippen molar-refractivity contribution in [3.05, 3.63) is 41.6 Å². The molecule has 4 rings (SSSR count). The fourth-order valence-electron chi connectivity index (χ4n) is 4.28. The summed E-state index contributed by atoms with van der Waals surface area (Å²) in [6.45, 7) is 6.32. The summed E-state index contributed by atoms with van der Waals surface area (Å²) in [4.78, 5) is 20.3. The molecule has 2 aromatic rings. The summed E-state index contributed by atoms with van der Waals surface area (Å²) in [5.74, 6) is 0.124. The van der Waals surface area contributed by atoms with Gasteiger partial charge in [-0.2, -0.15) is 0 Å². The Bertz CT molecular complexity index is 865. The van der Waals surface area contributed by atoms with Crippen molar-refractivity contribution in [1.29, 1.82) is 0 Å². The van der Waals surface area contributed by atoms with Crippen LogP contribution < -0.4 is 0 Å². The highest BCUT2D eigenvalue weighted by molar-refractivity contribution is 5.99. The monoisotopic (exact) mass is 324 g/mol. The number of likely N-dealkylation sites (N-methyl/N-ethyl adjacent to an activating group) is 1. The fraction of sp³-hybridized carbons (Fsp3) is 0.450. The molecular formula is C20H25N3O. The van der Waals surface area contributed by atoms with E-state index in [1.807, 2.05) is 30.9 Å². The van der Waals surface area contributed by atoms with E-state index in [2.05, 4.69) is 29.1 Å². The summed E-state index contributed by atoms with van der Waals surface area (Å²) in [5.41, 5.74) is 4.56. The number of carbonyl (C=O) groups excluding carboxylic acids is 1. The van der Waals surface area contributed by atoms with Crippen molar-refractivity contribution in [2.45, 2.75) is 26.3 Å². The number of nitrogens with one attached hydrogen (secondary N) is 1. The van der Waals surface area contributed by atoms with Crippen LogP contribution in [0.1, 0.15) is 26.3 Å². The van der Waals surface area contributed by atoms with Crippen molar-refractivity contribution in [3.63, 3.8) is 0 Å². The molecular weight excluding hydrogens is 298 g/mol. The first-order chi connectivity index (χ1) is 12.0.